The van der Waals surface area contributed by atoms with Gasteiger partial charge in [-0.25, -0.2) is 17.6 Å². The van der Waals surface area contributed by atoms with E-state index in [1.807, 2.05) is 0 Å². The molecule has 0 aliphatic rings. The van der Waals surface area contributed by atoms with E-state index in [0.29, 0.717) is 23.2 Å². The van der Waals surface area contributed by atoms with Gasteiger partial charge in [0.25, 0.3) is 5.03 Å². The molecule has 1 N–H and O–H groups in total. The van der Waals surface area contributed by atoms with Crippen molar-refractivity contribution < 1.29 is 54.6 Å². The first-order chi connectivity index (χ1) is 15.9. The molecule has 1 unspecified atom stereocenters. The number of hydrogen-bond donors (Lipinski definition) is 1. The molecule has 7 nitrogen and oxygen atoms in total. The molecule has 1 atom stereocenters. The number of methoxy groups -OCH3 is 1. The van der Waals surface area contributed by atoms with E-state index in [1.165, 1.54) is 36.7 Å². The number of anilines is 1. The Kier molecular flexibility index (Phi) is 6.95. The maximum Gasteiger partial charge on any atom is 0.422 e. The number of hydrogen-bond acceptors (Lipinski definition) is 6. The Morgan fingerprint density at radius 1 is 1.12 bits per heavy atom. The molecule has 1 aromatic heterocycles. The van der Waals surface area contributed by atoms with Crippen molar-refractivity contribution in [1.82, 2.24) is 5.27 Å². The van der Waals surface area contributed by atoms with Crippen LogP contribution in [0.4, 0.5) is 36.4 Å². The van der Waals surface area contributed by atoms with Crippen molar-refractivity contribution in [2.45, 2.75) is 23.4 Å². The second-order valence-corrected chi connectivity index (χ2v) is 7.86. The summed E-state index contributed by atoms with van der Waals surface area (Å²) in [5, 5.41) is 15.5. The number of rotatable bonds is 6. The van der Waals surface area contributed by atoms with E-state index >= 15 is 0 Å². The zero-order valence-corrected chi connectivity index (χ0v) is 17.8. The van der Waals surface area contributed by atoms with E-state index < -0.39 is 57.8 Å². The van der Waals surface area contributed by atoms with Crippen LogP contribution in [-0.4, -0.2) is 23.5 Å². The minimum Gasteiger partial charge on any atom is -0.538 e. The second-order valence-electron chi connectivity index (χ2n) is 6.53. The van der Waals surface area contributed by atoms with Crippen molar-refractivity contribution in [1.29, 1.82) is 0 Å². The summed E-state index contributed by atoms with van der Waals surface area (Å²) in [7, 11) is 1.43. The Bertz CT molecular complexity index is 1200. The third kappa shape index (κ3) is 4.73. The largest absolute Gasteiger partial charge is 0.538 e. The first-order valence-electron chi connectivity index (χ1n) is 9.00. The number of amides is 1. The summed E-state index contributed by atoms with van der Waals surface area (Å²) in [6.45, 7) is 1.15. The van der Waals surface area contributed by atoms with Crippen LogP contribution in [0.5, 0.6) is 11.7 Å². The van der Waals surface area contributed by atoms with Gasteiger partial charge in [-0.15, -0.1) is 0 Å². The van der Waals surface area contributed by atoms with Crippen LogP contribution in [0.2, 0.25) is 0 Å². The van der Waals surface area contributed by atoms with Gasteiger partial charge < -0.3 is 19.7 Å². The van der Waals surface area contributed by atoms with Crippen molar-refractivity contribution in [3.05, 3.63) is 53.1 Å². The first-order valence-corrected chi connectivity index (χ1v) is 9.88. The third-order valence-corrected chi connectivity index (χ3v) is 5.47. The minimum absolute atomic E-state index is 0.251. The molecule has 0 bridgehead atoms. The van der Waals surface area contributed by atoms with Crippen LogP contribution in [0.15, 0.2) is 33.8 Å². The van der Waals surface area contributed by atoms with E-state index in [1.54, 1.807) is 0 Å². The van der Waals surface area contributed by atoms with Gasteiger partial charge in [-0.1, -0.05) is 0 Å². The summed E-state index contributed by atoms with van der Waals surface area (Å²) < 4.78 is 104. The number of carbonyl (C=O) groups excluding carboxylic acids is 1. The lowest BCUT2D eigenvalue weighted by Crippen LogP contribution is -2.36. The first kappa shape index (κ1) is 25.1. The van der Waals surface area contributed by atoms with Gasteiger partial charge in [0, 0.05) is 12.1 Å². The van der Waals surface area contributed by atoms with E-state index in [4.69, 9.17) is 4.74 Å². The average molecular weight is 511 g/mol. The molecular weight excluding hydrogens is 499 g/mol. The van der Waals surface area contributed by atoms with E-state index in [9.17, 15) is 40.6 Å². The van der Waals surface area contributed by atoms with E-state index in [0.717, 1.165) is 11.6 Å². The van der Waals surface area contributed by atoms with Crippen LogP contribution >= 0.6 is 11.8 Å². The molecule has 0 radical (unpaired) electrons. The number of nitrogens with one attached hydrogen (secondary N) is 1. The molecule has 34 heavy (non-hydrogen) atoms. The van der Waals surface area contributed by atoms with Crippen LogP contribution in [0.1, 0.15) is 12.5 Å². The van der Waals surface area contributed by atoms with Crippen molar-refractivity contribution >= 4 is 23.4 Å². The Balaban J connectivity index is 1.87. The monoisotopic (exact) mass is 511 g/mol. The Hall–Kier alpha value is -3.49. The van der Waals surface area contributed by atoms with Crippen LogP contribution < -0.4 is 19.8 Å². The van der Waals surface area contributed by atoms with Gasteiger partial charge in [-0.2, -0.15) is 13.2 Å². The highest BCUT2D eigenvalue weighted by atomic mass is 32.2. The van der Waals surface area contributed by atoms with Gasteiger partial charge in [0.1, 0.15) is 17.0 Å². The predicted octanol–water partition coefficient (Wildman–Crippen LogP) is 3.73. The molecule has 3 aromatic rings. The zero-order chi connectivity index (χ0) is 25.4. The fourth-order valence-electron chi connectivity index (χ4n) is 2.66. The van der Waals surface area contributed by atoms with Crippen LogP contribution in [-0.2, 0) is 11.0 Å². The quantitative estimate of drug-likeness (QED) is 0.235. The van der Waals surface area contributed by atoms with Crippen molar-refractivity contribution in [2.24, 2.45) is 0 Å². The number of thioether (sulfide) groups is 1. The molecule has 0 aliphatic carbocycles. The summed E-state index contributed by atoms with van der Waals surface area (Å²) in [6, 6.07) is 6.05. The van der Waals surface area contributed by atoms with Crippen molar-refractivity contribution in [3.8, 4) is 17.4 Å². The molecule has 0 fully saturated rings. The summed E-state index contributed by atoms with van der Waals surface area (Å²) >= 11 is 0.502. The van der Waals surface area contributed by atoms with Crippen molar-refractivity contribution in [2.75, 3.05) is 12.4 Å². The third-order valence-electron chi connectivity index (χ3n) is 4.34. The lowest BCUT2D eigenvalue weighted by atomic mass is 10.1. The Morgan fingerprint density at radius 2 is 1.68 bits per heavy atom. The number of nitrogens with zero attached hydrogens (tertiary/aromatic N) is 2. The zero-order valence-electron chi connectivity index (χ0n) is 17.0. The van der Waals surface area contributed by atoms with Gasteiger partial charge in [0.05, 0.1) is 17.6 Å². The van der Waals surface area contributed by atoms with Crippen LogP contribution in [0.3, 0.4) is 0 Å². The average Bonchev–Trinajstić information content (AvgIpc) is 3.14. The van der Waals surface area contributed by atoms with Crippen LogP contribution in [0.25, 0.3) is 5.69 Å². The molecule has 1 heterocycles. The van der Waals surface area contributed by atoms with Crippen LogP contribution in [0, 0.1) is 23.3 Å². The summed E-state index contributed by atoms with van der Waals surface area (Å²) in [4.78, 5) is 12.4. The Morgan fingerprint density at radius 3 is 2.18 bits per heavy atom. The van der Waals surface area contributed by atoms with E-state index in [-0.39, 0.29) is 5.03 Å². The highest BCUT2D eigenvalue weighted by Gasteiger charge is 2.42. The number of halogens is 7. The maximum absolute atomic E-state index is 14.1. The van der Waals surface area contributed by atoms with Gasteiger partial charge in [-0.05, 0) is 35.5 Å². The topological polar surface area (TPSA) is 91.3 Å². The highest BCUT2D eigenvalue weighted by molar-refractivity contribution is 8.00. The highest BCUT2D eigenvalue weighted by Crippen LogP contribution is 2.38. The summed E-state index contributed by atoms with van der Waals surface area (Å²) in [5.41, 5.74) is -4.22. The summed E-state index contributed by atoms with van der Waals surface area (Å²) in [6.07, 6.45) is -5.73. The number of carbonyl (C=O) groups is 1. The summed E-state index contributed by atoms with van der Waals surface area (Å²) in [5.74, 6) is -12.1. The lowest BCUT2D eigenvalue weighted by molar-refractivity contribution is -0.705. The SMILES string of the molecule is COc1ccc(-[n+]2noc([O-])c2SC(C)C(=O)Nc2c(F)c(F)c(C(F)(F)F)c(F)c2F)cc1. The number of aromatic nitrogens is 2. The standard InChI is InChI=1S/C19H12F7N3O4S/c1-7(34-17-18(31)33-28-29(17)8-3-5-9(32-2)6-4-8)16(30)27-15-13(22)11(20)10(19(24,25)26)12(21)14(15)23/h3-7H,1-2H3,(H-,27,28,30,31). The van der Waals surface area contributed by atoms with Gasteiger partial charge >= 0.3 is 6.18 Å². The normalized spacial score (nSPS) is 12.5. The molecule has 182 valence electrons. The molecule has 0 aliphatic heterocycles. The lowest BCUT2D eigenvalue weighted by Gasteiger charge is -2.16. The van der Waals surface area contributed by atoms with Gasteiger partial charge in [0.2, 0.25) is 11.6 Å². The molecule has 0 spiro atoms. The van der Waals surface area contributed by atoms with E-state index in [2.05, 4.69) is 9.79 Å². The molecule has 3 rings (SSSR count). The molecule has 0 saturated carbocycles. The molecule has 2 aromatic carbocycles. The second kappa shape index (κ2) is 9.40. The molecule has 1 amide bonds. The predicted molar refractivity (Wildman–Crippen MR) is 99.3 cm³/mol. The fourth-order valence-corrected chi connectivity index (χ4v) is 3.54. The molecular formula is C19H12F7N3O4S. The van der Waals surface area contributed by atoms with Crippen molar-refractivity contribution in [3.63, 3.8) is 0 Å². The number of ether oxygens (including phenoxy) is 1. The molecule has 15 heteroatoms. The Labute approximate surface area is 190 Å². The fraction of sp³-hybridized carbons (Fsp3) is 0.211. The maximum atomic E-state index is 14.1. The van der Waals surface area contributed by atoms with Gasteiger partial charge in [-0.3, -0.25) is 4.79 Å². The minimum atomic E-state index is -5.73. The van der Waals surface area contributed by atoms with Gasteiger partial charge in [0.15, 0.2) is 29.2 Å². The smallest absolute Gasteiger partial charge is 0.422 e. The molecule has 0 saturated heterocycles. The number of benzene rings is 2. The number of alkyl halides is 3.